The standard InChI is InChI=1S/C40H47N7O5S/c1-3-53-45-29-12-13-36(34(22-29)35-26-46(2)39(49)37-33(35)14-17-41-37)52-32-11-7-10-31(23-32)51-21-20-50-30-15-18-47(19-16-30)40-42-24-27(25-43-40)38(48)44-28-8-5-4-6-9-28/h7,10-14,17,22-26,28,30,41,45H,3-6,8-9,15-16,18-21H2,1-2H3,(H,44,48). The molecule has 1 saturated carbocycles. The Hall–Kier alpha value is -5.01. The first-order valence-electron chi connectivity index (χ1n) is 18.5. The van der Waals surface area contributed by atoms with Gasteiger partial charge >= 0.3 is 0 Å². The number of ether oxygens (including phenoxy) is 3. The minimum atomic E-state index is -0.0905. The van der Waals surface area contributed by atoms with Crippen molar-refractivity contribution in [2.24, 2.45) is 7.05 Å². The van der Waals surface area contributed by atoms with Gasteiger partial charge in [-0.2, -0.15) is 0 Å². The average molecular weight is 738 g/mol. The topological polar surface area (TPSA) is 136 Å². The number of fused-ring (bicyclic) bond motifs is 1. The number of carbonyl (C=O) groups is 1. The molecule has 2 fully saturated rings. The van der Waals surface area contributed by atoms with Crippen LogP contribution in [-0.4, -0.2) is 69.6 Å². The molecule has 0 radical (unpaired) electrons. The highest BCUT2D eigenvalue weighted by molar-refractivity contribution is 8.00. The summed E-state index contributed by atoms with van der Waals surface area (Å²) >= 11 is 1.61. The molecule has 0 atom stereocenters. The summed E-state index contributed by atoms with van der Waals surface area (Å²) in [4.78, 5) is 39.7. The summed E-state index contributed by atoms with van der Waals surface area (Å²) in [5, 5.41) is 3.96. The van der Waals surface area contributed by atoms with Crippen molar-refractivity contribution in [3.63, 3.8) is 0 Å². The number of hydrogen-bond acceptors (Lipinski definition) is 10. The minimum Gasteiger partial charge on any atom is -0.491 e. The maximum atomic E-state index is 12.8. The Labute approximate surface area is 313 Å². The number of amides is 1. The van der Waals surface area contributed by atoms with Crippen LogP contribution < -0.4 is 30.0 Å². The smallest absolute Gasteiger partial charge is 0.274 e. The molecular weight excluding hydrogens is 691 g/mol. The van der Waals surface area contributed by atoms with Crippen molar-refractivity contribution >= 4 is 40.4 Å². The van der Waals surface area contributed by atoms with E-state index in [4.69, 9.17) is 14.2 Å². The van der Waals surface area contributed by atoms with E-state index in [1.807, 2.05) is 54.7 Å². The highest BCUT2D eigenvalue weighted by Crippen LogP contribution is 2.39. The molecule has 1 amide bonds. The second kappa shape index (κ2) is 17.2. The fourth-order valence-corrected chi connectivity index (χ4v) is 7.44. The van der Waals surface area contributed by atoms with Gasteiger partial charge in [-0.05, 0) is 62.1 Å². The van der Waals surface area contributed by atoms with E-state index in [9.17, 15) is 9.59 Å². The van der Waals surface area contributed by atoms with E-state index in [2.05, 4.69) is 36.8 Å². The number of aromatic amines is 1. The highest BCUT2D eigenvalue weighted by Gasteiger charge is 2.23. The van der Waals surface area contributed by atoms with E-state index in [0.29, 0.717) is 47.5 Å². The second-order valence-electron chi connectivity index (χ2n) is 13.5. The molecular formula is C40H47N7O5S. The molecule has 53 heavy (non-hydrogen) atoms. The minimum absolute atomic E-state index is 0.0841. The molecule has 0 spiro atoms. The average Bonchev–Trinajstić information content (AvgIpc) is 3.69. The van der Waals surface area contributed by atoms with Gasteiger partial charge in [0, 0.05) is 85.0 Å². The number of piperidine rings is 1. The van der Waals surface area contributed by atoms with Crippen molar-refractivity contribution in [3.8, 4) is 28.4 Å². The number of rotatable bonds is 14. The molecule has 1 aliphatic carbocycles. The lowest BCUT2D eigenvalue weighted by Crippen LogP contribution is -2.39. The number of aryl methyl sites for hydroxylation is 1. The molecule has 0 bridgehead atoms. The van der Waals surface area contributed by atoms with Crippen molar-refractivity contribution in [1.29, 1.82) is 0 Å². The van der Waals surface area contributed by atoms with Gasteiger partial charge in [-0.3, -0.25) is 9.59 Å². The normalized spacial score (nSPS) is 15.4. The molecule has 0 unspecified atom stereocenters. The first-order valence-corrected chi connectivity index (χ1v) is 19.5. The Balaban J connectivity index is 0.910. The zero-order chi connectivity index (χ0) is 36.6. The van der Waals surface area contributed by atoms with Gasteiger partial charge in [-0.25, -0.2) is 9.97 Å². The molecule has 4 heterocycles. The maximum Gasteiger partial charge on any atom is 0.274 e. The van der Waals surface area contributed by atoms with E-state index in [-0.39, 0.29) is 23.6 Å². The van der Waals surface area contributed by atoms with Gasteiger partial charge in [0.1, 0.15) is 29.4 Å². The maximum absolute atomic E-state index is 12.8. The van der Waals surface area contributed by atoms with Crippen LogP contribution in [0, 0.1) is 0 Å². The number of aromatic nitrogens is 4. The zero-order valence-corrected chi connectivity index (χ0v) is 31.1. The number of H-pyrrole nitrogens is 1. The summed E-state index contributed by atoms with van der Waals surface area (Å²) < 4.78 is 23.7. The summed E-state index contributed by atoms with van der Waals surface area (Å²) in [6, 6.07) is 15.7. The Kier molecular flexibility index (Phi) is 11.8. The van der Waals surface area contributed by atoms with Gasteiger partial charge in [0.15, 0.2) is 0 Å². The van der Waals surface area contributed by atoms with E-state index in [1.165, 1.54) is 19.3 Å². The molecule has 7 rings (SSSR count). The number of benzene rings is 2. The summed E-state index contributed by atoms with van der Waals surface area (Å²) in [5.41, 5.74) is 3.66. The van der Waals surface area contributed by atoms with Crippen molar-refractivity contribution in [2.45, 2.75) is 64.0 Å². The number of nitrogens with zero attached hydrogens (tertiary/aromatic N) is 4. The molecule has 2 aliphatic rings. The lowest BCUT2D eigenvalue weighted by Gasteiger charge is -2.31. The molecule has 3 aromatic heterocycles. The molecule has 278 valence electrons. The lowest BCUT2D eigenvalue weighted by molar-refractivity contribution is 0.0201. The van der Waals surface area contributed by atoms with E-state index < -0.39 is 0 Å². The fourth-order valence-electron chi connectivity index (χ4n) is 7.00. The van der Waals surface area contributed by atoms with Crippen LogP contribution in [0.5, 0.6) is 17.2 Å². The molecule has 2 aromatic carbocycles. The summed E-state index contributed by atoms with van der Waals surface area (Å²) in [7, 11) is 1.76. The number of anilines is 2. The molecule has 3 N–H and O–H groups in total. The number of nitrogens with one attached hydrogen (secondary N) is 3. The van der Waals surface area contributed by atoms with Crippen LogP contribution in [0.15, 0.2) is 78.1 Å². The van der Waals surface area contributed by atoms with Crippen LogP contribution in [0.4, 0.5) is 11.6 Å². The quantitative estimate of drug-likeness (QED) is 0.0786. The Bertz CT molecular complexity index is 2050. The van der Waals surface area contributed by atoms with Crippen LogP contribution in [0.25, 0.3) is 22.0 Å². The van der Waals surface area contributed by atoms with E-state index in [0.717, 1.165) is 66.7 Å². The first-order chi connectivity index (χ1) is 25.9. The number of pyridine rings is 1. The molecule has 1 aliphatic heterocycles. The monoisotopic (exact) mass is 737 g/mol. The van der Waals surface area contributed by atoms with Crippen molar-refractivity contribution in [3.05, 3.63) is 89.2 Å². The van der Waals surface area contributed by atoms with Gasteiger partial charge in [0.2, 0.25) is 5.95 Å². The largest absolute Gasteiger partial charge is 0.491 e. The van der Waals surface area contributed by atoms with E-state index >= 15 is 0 Å². The van der Waals surface area contributed by atoms with Crippen LogP contribution in [0.3, 0.4) is 0 Å². The van der Waals surface area contributed by atoms with Crippen LogP contribution in [0.1, 0.15) is 62.2 Å². The fraction of sp³-hybridized carbons (Fsp3) is 0.400. The molecule has 13 heteroatoms. The highest BCUT2D eigenvalue weighted by atomic mass is 32.2. The van der Waals surface area contributed by atoms with Crippen LogP contribution >= 0.6 is 11.9 Å². The predicted molar refractivity (Wildman–Crippen MR) is 210 cm³/mol. The van der Waals surface area contributed by atoms with Crippen molar-refractivity contribution in [2.75, 3.05) is 41.7 Å². The Morgan fingerprint density at radius 1 is 0.962 bits per heavy atom. The number of hydrogen-bond donors (Lipinski definition) is 3. The molecule has 1 saturated heterocycles. The van der Waals surface area contributed by atoms with Gasteiger partial charge < -0.3 is 38.7 Å². The third-order valence-corrected chi connectivity index (χ3v) is 10.5. The summed E-state index contributed by atoms with van der Waals surface area (Å²) in [5.74, 6) is 3.45. The van der Waals surface area contributed by atoms with Gasteiger partial charge in [-0.1, -0.05) is 44.2 Å². The first kappa shape index (κ1) is 36.4. The second-order valence-corrected chi connectivity index (χ2v) is 14.6. The molecule has 12 nitrogen and oxygen atoms in total. The Morgan fingerprint density at radius 3 is 2.55 bits per heavy atom. The zero-order valence-electron chi connectivity index (χ0n) is 30.3. The van der Waals surface area contributed by atoms with Gasteiger partial charge in [-0.15, -0.1) is 0 Å². The predicted octanol–water partition coefficient (Wildman–Crippen LogP) is 7.32. The number of carbonyl (C=O) groups excluding carboxylic acids is 1. The third-order valence-electron chi connectivity index (χ3n) is 9.80. The van der Waals surface area contributed by atoms with Crippen molar-refractivity contribution in [1.82, 2.24) is 24.8 Å². The van der Waals surface area contributed by atoms with E-state index in [1.54, 1.807) is 42.2 Å². The SMILES string of the molecule is CCSNc1ccc(Oc2cccc(OCCOC3CCN(c4ncc(C(=O)NC5CCCCC5)cn4)CC3)c2)c(-c2cn(C)c(=O)c3[nH]ccc23)c1. The van der Waals surface area contributed by atoms with Crippen LogP contribution in [-0.2, 0) is 11.8 Å². The molecule has 5 aromatic rings. The van der Waals surface area contributed by atoms with Crippen LogP contribution in [0.2, 0.25) is 0 Å². The summed E-state index contributed by atoms with van der Waals surface area (Å²) in [6.07, 6.45) is 14.4. The Morgan fingerprint density at radius 2 is 1.75 bits per heavy atom. The third kappa shape index (κ3) is 8.97. The summed E-state index contributed by atoms with van der Waals surface area (Å²) in [6.45, 7) is 4.52. The van der Waals surface area contributed by atoms with Gasteiger partial charge in [0.25, 0.3) is 11.5 Å². The van der Waals surface area contributed by atoms with Crippen molar-refractivity contribution < 1.29 is 19.0 Å². The van der Waals surface area contributed by atoms with Gasteiger partial charge in [0.05, 0.1) is 18.3 Å². The lowest BCUT2D eigenvalue weighted by atomic mass is 9.95.